The van der Waals surface area contributed by atoms with E-state index in [2.05, 4.69) is 31.0 Å². The molecule has 5 rings (SSSR count). The number of aromatic nitrogens is 4. The number of fused-ring (bicyclic) bond motifs is 1. The van der Waals surface area contributed by atoms with Crippen molar-refractivity contribution in [1.29, 1.82) is 0 Å². The fraction of sp³-hybridized carbons (Fsp3) is 0.0400. The number of H-pyrrole nitrogens is 2. The van der Waals surface area contributed by atoms with Crippen molar-refractivity contribution in [1.82, 2.24) is 31.0 Å². The van der Waals surface area contributed by atoms with Gasteiger partial charge in [0.05, 0.1) is 28.5 Å². The molecule has 3 aromatic carbocycles. The molecule has 0 bridgehead atoms. The molecule has 4 N–H and O–H groups in total. The van der Waals surface area contributed by atoms with Gasteiger partial charge in [0, 0.05) is 16.9 Å². The van der Waals surface area contributed by atoms with Crippen LogP contribution in [0.4, 0.5) is 0 Å². The fourth-order valence-corrected chi connectivity index (χ4v) is 4.28. The Balaban J connectivity index is 1.16. The fourth-order valence-electron chi connectivity index (χ4n) is 3.44. The molecule has 8 nitrogen and oxygen atoms in total. The van der Waals surface area contributed by atoms with Gasteiger partial charge >= 0.3 is 0 Å². The molecule has 0 aliphatic carbocycles. The van der Waals surface area contributed by atoms with Crippen molar-refractivity contribution in [2.75, 3.05) is 0 Å². The van der Waals surface area contributed by atoms with Gasteiger partial charge < -0.3 is 4.98 Å². The second kappa shape index (κ2) is 9.63. The number of benzene rings is 3. The van der Waals surface area contributed by atoms with E-state index < -0.39 is 11.8 Å². The molecule has 2 amide bonds. The van der Waals surface area contributed by atoms with E-state index in [1.54, 1.807) is 23.9 Å². The zero-order valence-electron chi connectivity index (χ0n) is 17.9. The van der Waals surface area contributed by atoms with E-state index in [0.717, 1.165) is 27.3 Å². The molecule has 168 valence electrons. The van der Waals surface area contributed by atoms with Crippen LogP contribution in [0.3, 0.4) is 0 Å². The highest BCUT2D eigenvalue weighted by molar-refractivity contribution is 7.98. The van der Waals surface area contributed by atoms with Crippen molar-refractivity contribution in [3.8, 4) is 11.3 Å². The van der Waals surface area contributed by atoms with Crippen molar-refractivity contribution >= 4 is 34.6 Å². The van der Waals surface area contributed by atoms with E-state index in [9.17, 15) is 9.59 Å². The molecule has 0 unspecified atom stereocenters. The molecule has 0 saturated carbocycles. The van der Waals surface area contributed by atoms with Crippen molar-refractivity contribution in [3.05, 3.63) is 102 Å². The lowest BCUT2D eigenvalue weighted by molar-refractivity contribution is 0.0847. The number of hydrogen-bond acceptors (Lipinski definition) is 5. The summed E-state index contributed by atoms with van der Waals surface area (Å²) in [6, 6.07) is 24.5. The molecule has 34 heavy (non-hydrogen) atoms. The van der Waals surface area contributed by atoms with Crippen LogP contribution < -0.4 is 10.9 Å². The molecule has 0 saturated heterocycles. The largest absolute Gasteiger partial charge is 0.333 e. The Morgan fingerprint density at radius 2 is 1.59 bits per heavy atom. The third-order valence-corrected chi connectivity index (χ3v) is 6.14. The Hall–Kier alpha value is -4.37. The van der Waals surface area contributed by atoms with Gasteiger partial charge in [-0.05, 0) is 29.8 Å². The summed E-state index contributed by atoms with van der Waals surface area (Å²) < 4.78 is 0. The molecule has 9 heteroatoms. The minimum Gasteiger partial charge on any atom is -0.333 e. The number of hydrazine groups is 1. The standard InChI is InChI=1S/C25H20N6O2S/c32-23(30-31-24(33)19-14-26-29-22(19)17-6-2-1-3-7-17)18-12-10-16(11-13-18)15-34-25-27-20-8-4-5-9-21(20)28-25/h1-14H,15H2,(H,26,29)(H,27,28)(H,30,32)(H,31,33). The summed E-state index contributed by atoms with van der Waals surface area (Å²) in [5, 5.41) is 7.63. The second-order valence-electron chi connectivity index (χ2n) is 7.48. The lowest BCUT2D eigenvalue weighted by atomic mass is 10.1. The first-order valence-electron chi connectivity index (χ1n) is 10.5. The summed E-state index contributed by atoms with van der Waals surface area (Å²) in [5.74, 6) is -0.157. The molecular weight excluding hydrogens is 448 g/mol. The predicted octanol–water partition coefficient (Wildman–Crippen LogP) is 4.32. The monoisotopic (exact) mass is 468 g/mol. The van der Waals surface area contributed by atoms with E-state index in [0.29, 0.717) is 22.6 Å². The number of thioether (sulfide) groups is 1. The molecule has 2 heterocycles. The SMILES string of the molecule is O=C(NNC(=O)c1cn[nH]c1-c1ccccc1)c1ccc(CSc2nc3ccccc3[nH]2)cc1. The van der Waals surface area contributed by atoms with E-state index in [1.807, 2.05) is 66.7 Å². The smallest absolute Gasteiger partial charge is 0.273 e. The molecule has 0 spiro atoms. The lowest BCUT2D eigenvalue weighted by Gasteiger charge is -2.08. The first kappa shape index (κ1) is 21.5. The molecule has 0 radical (unpaired) electrons. The van der Waals surface area contributed by atoms with Gasteiger partial charge in [-0.3, -0.25) is 25.5 Å². The zero-order valence-corrected chi connectivity index (χ0v) is 18.7. The van der Waals surface area contributed by atoms with Crippen LogP contribution in [-0.2, 0) is 5.75 Å². The molecule has 0 aliphatic rings. The third-order valence-electron chi connectivity index (χ3n) is 5.20. The minimum absolute atomic E-state index is 0.337. The van der Waals surface area contributed by atoms with Crippen molar-refractivity contribution < 1.29 is 9.59 Å². The summed E-state index contributed by atoms with van der Waals surface area (Å²) in [6.45, 7) is 0. The number of rotatable bonds is 6. The lowest BCUT2D eigenvalue weighted by Crippen LogP contribution is -2.41. The van der Waals surface area contributed by atoms with Gasteiger partial charge in [0.25, 0.3) is 11.8 Å². The number of hydrogen-bond donors (Lipinski definition) is 4. The first-order valence-corrected chi connectivity index (χ1v) is 11.5. The van der Waals surface area contributed by atoms with Crippen LogP contribution >= 0.6 is 11.8 Å². The van der Waals surface area contributed by atoms with Crippen LogP contribution in [0.15, 0.2) is 90.2 Å². The van der Waals surface area contributed by atoms with Crippen LogP contribution in [0.1, 0.15) is 26.3 Å². The maximum absolute atomic E-state index is 12.6. The number of nitrogens with one attached hydrogen (secondary N) is 4. The highest BCUT2D eigenvalue weighted by Gasteiger charge is 2.16. The van der Waals surface area contributed by atoms with Gasteiger partial charge in [0.15, 0.2) is 5.16 Å². The Kier molecular flexibility index (Phi) is 6.09. The van der Waals surface area contributed by atoms with Crippen molar-refractivity contribution in [2.24, 2.45) is 0 Å². The number of para-hydroxylation sites is 2. The van der Waals surface area contributed by atoms with Gasteiger partial charge in [0.1, 0.15) is 0 Å². The Morgan fingerprint density at radius 3 is 2.38 bits per heavy atom. The molecule has 2 aromatic heterocycles. The van der Waals surface area contributed by atoms with Gasteiger partial charge in [0.2, 0.25) is 0 Å². The molecule has 0 atom stereocenters. The van der Waals surface area contributed by atoms with Crippen LogP contribution in [0.2, 0.25) is 0 Å². The summed E-state index contributed by atoms with van der Waals surface area (Å²) in [6.07, 6.45) is 1.43. The third kappa shape index (κ3) is 4.69. The molecular formula is C25H20N6O2S. The number of imidazole rings is 1. The summed E-state index contributed by atoms with van der Waals surface area (Å²) in [7, 11) is 0. The minimum atomic E-state index is -0.459. The topological polar surface area (TPSA) is 116 Å². The van der Waals surface area contributed by atoms with Crippen molar-refractivity contribution in [2.45, 2.75) is 10.9 Å². The van der Waals surface area contributed by atoms with Gasteiger partial charge in [-0.15, -0.1) is 0 Å². The Morgan fingerprint density at radius 1 is 0.853 bits per heavy atom. The molecule has 0 fully saturated rings. The predicted molar refractivity (Wildman–Crippen MR) is 131 cm³/mol. The van der Waals surface area contributed by atoms with E-state index in [1.165, 1.54) is 6.20 Å². The average molecular weight is 469 g/mol. The number of carbonyl (C=O) groups is 2. The number of nitrogens with zero attached hydrogens (tertiary/aromatic N) is 2. The van der Waals surface area contributed by atoms with Crippen LogP contribution in [0.5, 0.6) is 0 Å². The quantitative estimate of drug-likeness (QED) is 0.219. The van der Waals surface area contributed by atoms with Gasteiger partial charge in [-0.1, -0.05) is 66.4 Å². The van der Waals surface area contributed by atoms with Crippen LogP contribution in [0.25, 0.3) is 22.3 Å². The van der Waals surface area contributed by atoms with E-state index >= 15 is 0 Å². The molecule has 0 aliphatic heterocycles. The second-order valence-corrected chi connectivity index (χ2v) is 8.44. The van der Waals surface area contributed by atoms with E-state index in [4.69, 9.17) is 0 Å². The zero-order chi connectivity index (χ0) is 23.3. The normalized spacial score (nSPS) is 10.8. The highest BCUT2D eigenvalue weighted by Crippen LogP contribution is 2.23. The van der Waals surface area contributed by atoms with Gasteiger partial charge in [-0.2, -0.15) is 5.10 Å². The summed E-state index contributed by atoms with van der Waals surface area (Å²) in [4.78, 5) is 32.9. The summed E-state index contributed by atoms with van der Waals surface area (Å²) >= 11 is 1.59. The number of carbonyl (C=O) groups excluding carboxylic acids is 2. The Bertz CT molecular complexity index is 1410. The first-order chi connectivity index (χ1) is 16.7. The Labute approximate surface area is 199 Å². The maximum atomic E-state index is 12.6. The van der Waals surface area contributed by atoms with Crippen molar-refractivity contribution in [3.63, 3.8) is 0 Å². The molecule has 5 aromatic rings. The van der Waals surface area contributed by atoms with Gasteiger partial charge in [-0.25, -0.2) is 4.98 Å². The van der Waals surface area contributed by atoms with Crippen LogP contribution in [-0.4, -0.2) is 32.0 Å². The van der Waals surface area contributed by atoms with Crippen LogP contribution in [0, 0.1) is 0 Å². The average Bonchev–Trinajstić information content (AvgIpc) is 3.54. The highest BCUT2D eigenvalue weighted by atomic mass is 32.2. The maximum Gasteiger partial charge on any atom is 0.273 e. The number of aromatic amines is 2. The summed E-state index contributed by atoms with van der Waals surface area (Å²) in [5.41, 5.74) is 10.1. The van der Waals surface area contributed by atoms with E-state index in [-0.39, 0.29) is 0 Å². The number of amides is 2.